The highest BCUT2D eigenvalue weighted by atomic mass is 79.9. The minimum absolute atomic E-state index is 0.415. The van der Waals surface area contributed by atoms with Crippen LogP contribution in [0.15, 0.2) is 28.7 Å². The van der Waals surface area contributed by atoms with E-state index in [4.69, 9.17) is 0 Å². The summed E-state index contributed by atoms with van der Waals surface area (Å²) in [6, 6.07) is 9.45. The van der Waals surface area contributed by atoms with Crippen LogP contribution in [0.3, 0.4) is 0 Å². The van der Waals surface area contributed by atoms with Gasteiger partial charge in [0.1, 0.15) is 0 Å². The van der Waals surface area contributed by atoms with Gasteiger partial charge in [0.2, 0.25) is 0 Å². The molecule has 3 rings (SSSR count). The van der Waals surface area contributed by atoms with Crippen LogP contribution >= 0.6 is 15.9 Å². The molecule has 1 aliphatic carbocycles. The average Bonchev–Trinajstić information content (AvgIpc) is 2.47. The normalized spacial score (nSPS) is 26.8. The summed E-state index contributed by atoms with van der Waals surface area (Å²) in [6.45, 7) is 5.75. The Kier molecular flexibility index (Phi) is 4.49. The number of hydrogen-bond donors (Lipinski definition) is 1. The molecule has 1 aliphatic heterocycles. The fraction of sp³-hybridized carbons (Fsp3) is 0.647. The highest BCUT2D eigenvalue weighted by Gasteiger charge is 2.41. The fourth-order valence-corrected chi connectivity index (χ4v) is 4.07. The highest BCUT2D eigenvalue weighted by Crippen LogP contribution is 2.36. The molecule has 1 spiro atoms. The van der Waals surface area contributed by atoms with Gasteiger partial charge in [0.15, 0.2) is 0 Å². The third kappa shape index (κ3) is 3.10. The Hall–Kier alpha value is -0.380. The number of nitrogens with one attached hydrogen (secondary N) is 1. The summed E-state index contributed by atoms with van der Waals surface area (Å²) in [6.07, 6.45) is 6.94. The van der Waals surface area contributed by atoms with Crippen molar-refractivity contribution < 1.29 is 0 Å². The van der Waals surface area contributed by atoms with Crippen LogP contribution in [0, 0.1) is 0 Å². The minimum Gasteiger partial charge on any atom is -0.311 e. The van der Waals surface area contributed by atoms with Crippen LogP contribution in [0.25, 0.3) is 0 Å². The first-order valence-corrected chi connectivity index (χ1v) is 8.70. The van der Waals surface area contributed by atoms with Crippen LogP contribution in [0.5, 0.6) is 0 Å². The Morgan fingerprint density at radius 1 is 1.20 bits per heavy atom. The van der Waals surface area contributed by atoms with Gasteiger partial charge >= 0.3 is 0 Å². The summed E-state index contributed by atoms with van der Waals surface area (Å²) in [4.78, 5) is 2.76. The van der Waals surface area contributed by atoms with Crippen LogP contribution < -0.4 is 5.32 Å². The molecule has 3 heteroatoms. The lowest BCUT2D eigenvalue weighted by Gasteiger charge is -2.51. The second kappa shape index (κ2) is 6.17. The van der Waals surface area contributed by atoms with Gasteiger partial charge in [-0.1, -0.05) is 47.3 Å². The van der Waals surface area contributed by atoms with Crippen molar-refractivity contribution in [1.82, 2.24) is 10.2 Å². The molecule has 1 saturated heterocycles. The van der Waals surface area contributed by atoms with Crippen LogP contribution in [0.1, 0.15) is 44.6 Å². The lowest BCUT2D eigenvalue weighted by molar-refractivity contribution is 0.00617. The molecule has 0 bridgehead atoms. The number of rotatable bonds is 2. The van der Waals surface area contributed by atoms with Crippen molar-refractivity contribution in [3.05, 3.63) is 34.3 Å². The van der Waals surface area contributed by atoms with Crippen molar-refractivity contribution in [3.8, 4) is 0 Å². The van der Waals surface area contributed by atoms with Gasteiger partial charge < -0.3 is 5.32 Å². The summed E-state index contributed by atoms with van der Waals surface area (Å²) in [5.41, 5.74) is 1.85. The van der Waals surface area contributed by atoms with Crippen LogP contribution in [-0.4, -0.2) is 29.6 Å². The van der Waals surface area contributed by atoms with Gasteiger partial charge in [-0.2, -0.15) is 0 Å². The van der Waals surface area contributed by atoms with Crippen molar-refractivity contribution in [2.24, 2.45) is 0 Å². The quantitative estimate of drug-likeness (QED) is 0.879. The van der Waals surface area contributed by atoms with E-state index in [9.17, 15) is 0 Å². The third-order valence-electron chi connectivity index (χ3n) is 5.02. The zero-order valence-corrected chi connectivity index (χ0v) is 14.0. The molecule has 0 radical (unpaired) electrons. The summed E-state index contributed by atoms with van der Waals surface area (Å²) < 4.78 is 1.17. The second-order valence-corrected chi connectivity index (χ2v) is 7.49. The van der Waals surface area contributed by atoms with Gasteiger partial charge in [-0.25, -0.2) is 0 Å². The summed E-state index contributed by atoms with van der Waals surface area (Å²) in [7, 11) is 0. The predicted molar refractivity (Wildman–Crippen MR) is 87.8 cm³/mol. The molecule has 1 aromatic rings. The van der Waals surface area contributed by atoms with Crippen LogP contribution in [0.2, 0.25) is 0 Å². The predicted octanol–water partition coefficient (Wildman–Crippen LogP) is 3.95. The lowest BCUT2D eigenvalue weighted by atomic mass is 9.78. The monoisotopic (exact) mass is 336 g/mol. The maximum Gasteiger partial charge on any atom is 0.0338 e. The van der Waals surface area contributed by atoms with E-state index in [1.165, 1.54) is 55.2 Å². The molecule has 2 nitrogen and oxygen atoms in total. The summed E-state index contributed by atoms with van der Waals surface area (Å²) >= 11 is 3.53. The SMILES string of the molecule is CC1CN(Cc2ccc(Br)cc2)C2(CCCCC2)CN1. The van der Waals surface area contributed by atoms with E-state index in [0.29, 0.717) is 11.6 Å². The van der Waals surface area contributed by atoms with Crippen molar-refractivity contribution in [2.75, 3.05) is 13.1 Å². The highest BCUT2D eigenvalue weighted by molar-refractivity contribution is 9.10. The van der Waals surface area contributed by atoms with Crippen molar-refractivity contribution in [3.63, 3.8) is 0 Å². The van der Waals surface area contributed by atoms with Gasteiger partial charge in [0, 0.05) is 35.7 Å². The van der Waals surface area contributed by atoms with Gasteiger partial charge in [0.25, 0.3) is 0 Å². The summed E-state index contributed by atoms with van der Waals surface area (Å²) in [5, 5.41) is 3.72. The lowest BCUT2D eigenvalue weighted by Crippen LogP contribution is -2.64. The van der Waals surface area contributed by atoms with E-state index in [0.717, 1.165) is 6.54 Å². The van der Waals surface area contributed by atoms with E-state index < -0.39 is 0 Å². The molecule has 20 heavy (non-hydrogen) atoms. The Labute approximate surface area is 131 Å². The molecule has 1 unspecified atom stereocenters. The number of benzene rings is 1. The number of halogens is 1. The Balaban J connectivity index is 1.77. The Morgan fingerprint density at radius 2 is 1.90 bits per heavy atom. The van der Waals surface area contributed by atoms with Crippen LogP contribution in [-0.2, 0) is 6.54 Å². The largest absolute Gasteiger partial charge is 0.311 e. The zero-order valence-electron chi connectivity index (χ0n) is 12.4. The number of nitrogens with zero attached hydrogens (tertiary/aromatic N) is 1. The first kappa shape index (κ1) is 14.6. The molecule has 1 heterocycles. The van der Waals surface area contributed by atoms with Crippen molar-refractivity contribution >= 4 is 15.9 Å². The second-order valence-electron chi connectivity index (χ2n) is 6.57. The summed E-state index contributed by atoms with van der Waals surface area (Å²) in [5.74, 6) is 0. The minimum atomic E-state index is 0.415. The van der Waals surface area contributed by atoms with Gasteiger partial charge in [-0.05, 0) is 37.5 Å². The zero-order chi connectivity index (χ0) is 14.0. The first-order valence-electron chi connectivity index (χ1n) is 7.91. The molecule has 110 valence electrons. The molecule has 2 aliphatic rings. The maximum absolute atomic E-state index is 3.72. The fourth-order valence-electron chi connectivity index (χ4n) is 3.81. The number of piperazine rings is 1. The molecular formula is C17H25BrN2. The van der Waals surface area contributed by atoms with E-state index in [1.807, 2.05) is 0 Å². The Morgan fingerprint density at radius 3 is 2.60 bits per heavy atom. The van der Waals surface area contributed by atoms with Crippen molar-refractivity contribution in [2.45, 2.75) is 57.2 Å². The first-order chi connectivity index (χ1) is 9.68. The number of hydrogen-bond acceptors (Lipinski definition) is 2. The topological polar surface area (TPSA) is 15.3 Å². The van der Waals surface area contributed by atoms with Gasteiger partial charge in [-0.15, -0.1) is 0 Å². The molecule has 2 fully saturated rings. The molecule has 1 saturated carbocycles. The average molecular weight is 337 g/mol. The standard InChI is InChI=1S/C17H25BrN2/c1-14-11-20(12-15-5-7-16(18)8-6-15)17(13-19-14)9-3-2-4-10-17/h5-8,14,19H,2-4,9-13H2,1H3. The molecule has 1 atom stereocenters. The van der Waals surface area contributed by atoms with E-state index in [2.05, 4.69) is 57.3 Å². The molecule has 0 aromatic heterocycles. The molecular weight excluding hydrogens is 312 g/mol. The smallest absolute Gasteiger partial charge is 0.0338 e. The van der Waals surface area contributed by atoms with Crippen LogP contribution in [0.4, 0.5) is 0 Å². The van der Waals surface area contributed by atoms with Gasteiger partial charge in [-0.3, -0.25) is 4.90 Å². The van der Waals surface area contributed by atoms with E-state index in [1.54, 1.807) is 0 Å². The molecule has 0 amide bonds. The maximum atomic E-state index is 3.72. The third-order valence-corrected chi connectivity index (χ3v) is 5.54. The molecule has 1 N–H and O–H groups in total. The van der Waals surface area contributed by atoms with E-state index in [-0.39, 0.29) is 0 Å². The van der Waals surface area contributed by atoms with Crippen molar-refractivity contribution in [1.29, 1.82) is 0 Å². The molecule has 1 aromatic carbocycles. The Bertz CT molecular complexity index is 437. The van der Waals surface area contributed by atoms with E-state index >= 15 is 0 Å². The van der Waals surface area contributed by atoms with Gasteiger partial charge in [0.05, 0.1) is 0 Å².